The van der Waals surface area contributed by atoms with E-state index in [1.54, 1.807) is 0 Å². The largest absolute Gasteiger partial charge is 0.321 e. The average Bonchev–Trinajstić information content (AvgIpc) is 1.82. The van der Waals surface area contributed by atoms with Gasteiger partial charge in [-0.15, -0.1) is 5.11 Å². The summed E-state index contributed by atoms with van der Waals surface area (Å²) >= 11 is 0. The van der Waals surface area contributed by atoms with E-state index in [4.69, 9.17) is 11.4 Å². The van der Waals surface area contributed by atoms with Gasteiger partial charge in [-0.25, -0.2) is 5.53 Å². The number of amidine groups is 1. The van der Waals surface area contributed by atoms with Crippen molar-refractivity contribution in [2.45, 2.75) is 20.3 Å². The summed E-state index contributed by atoms with van der Waals surface area (Å²) in [7, 11) is 0. The molecule has 4 nitrogen and oxygen atoms in total. The van der Waals surface area contributed by atoms with Crippen LogP contribution in [0.15, 0.2) is 10.2 Å². The van der Waals surface area contributed by atoms with E-state index in [2.05, 4.69) is 10.2 Å². The molecule has 52 valence electrons. The summed E-state index contributed by atoms with van der Waals surface area (Å²) in [5, 5.41) is 6.43. The third-order valence-corrected chi connectivity index (χ3v) is 0.869. The van der Waals surface area contributed by atoms with Gasteiger partial charge in [-0.3, -0.25) is 0 Å². The molecule has 3 N–H and O–H groups in total. The minimum absolute atomic E-state index is 0.407. The number of nitrogens with one attached hydrogen (secondary N) is 1. The molecule has 0 aliphatic carbocycles. The molecular weight excluding hydrogens is 116 g/mol. The molecule has 0 rings (SSSR count). The molecule has 4 heteroatoms. The maximum absolute atomic E-state index is 6.57. The van der Waals surface area contributed by atoms with Gasteiger partial charge in [-0.2, -0.15) is 5.10 Å². The Balaban J connectivity index is 3.71. The molecule has 0 aromatic heterocycles. The Labute approximate surface area is 54.6 Å². The predicted octanol–water partition coefficient (Wildman–Crippen LogP) is 1.34. The Morgan fingerprint density at radius 3 is 2.33 bits per heavy atom. The summed E-state index contributed by atoms with van der Waals surface area (Å²) in [5.41, 5.74) is 6.57. The monoisotopic (exact) mass is 128 g/mol. The lowest BCUT2D eigenvalue weighted by atomic mass is 10.1. The Bertz CT molecular complexity index is 116. The average molecular weight is 128 g/mol. The molecule has 0 aliphatic rings. The quantitative estimate of drug-likeness (QED) is 0.190. The van der Waals surface area contributed by atoms with Crippen LogP contribution in [-0.4, -0.2) is 5.84 Å². The highest BCUT2D eigenvalue weighted by atomic mass is 15.2. The lowest BCUT2D eigenvalue weighted by Gasteiger charge is -1.99. The van der Waals surface area contributed by atoms with Crippen LogP contribution < -0.4 is 5.84 Å². The van der Waals surface area contributed by atoms with Crippen LogP contribution in [-0.2, 0) is 0 Å². The second-order valence-corrected chi connectivity index (χ2v) is 2.26. The fourth-order valence-electron chi connectivity index (χ4n) is 0.492. The Hall–Kier alpha value is -0.930. The summed E-state index contributed by atoms with van der Waals surface area (Å²) in [6.45, 7) is 4.05. The number of hydrogen-bond acceptors (Lipinski definition) is 3. The highest BCUT2D eigenvalue weighted by Crippen LogP contribution is 2.00. The lowest BCUT2D eigenvalue weighted by molar-refractivity contribution is 0.676. The predicted molar refractivity (Wildman–Crippen MR) is 36.2 cm³/mol. The molecule has 0 radical (unpaired) electrons. The molecule has 0 atom stereocenters. The van der Waals surface area contributed by atoms with Crippen LogP contribution >= 0.6 is 0 Å². The third-order valence-electron chi connectivity index (χ3n) is 0.869. The standard InChI is InChI=1S/C5H12N4/c1-4(2)3-5(8-6)9-7/h4,6H,3,7H2,1-2H3/b8-6?,9-5-. The number of hydrogen-bond donors (Lipinski definition) is 2. The normalized spacial score (nSPS) is 12.1. The van der Waals surface area contributed by atoms with Crippen molar-refractivity contribution in [2.24, 2.45) is 22.0 Å². The van der Waals surface area contributed by atoms with Gasteiger partial charge in [-0.1, -0.05) is 13.8 Å². The highest BCUT2D eigenvalue weighted by molar-refractivity contribution is 5.81. The Kier molecular flexibility index (Phi) is 3.59. The summed E-state index contributed by atoms with van der Waals surface area (Å²) < 4.78 is 0. The van der Waals surface area contributed by atoms with Crippen LogP contribution in [0.5, 0.6) is 0 Å². The first-order chi connectivity index (χ1) is 4.20. The first-order valence-corrected chi connectivity index (χ1v) is 2.85. The van der Waals surface area contributed by atoms with E-state index in [-0.39, 0.29) is 0 Å². The van der Waals surface area contributed by atoms with E-state index >= 15 is 0 Å². The van der Waals surface area contributed by atoms with Crippen LogP contribution in [0.2, 0.25) is 0 Å². The van der Waals surface area contributed by atoms with Crippen molar-refractivity contribution in [1.82, 2.24) is 0 Å². The van der Waals surface area contributed by atoms with Gasteiger partial charge in [0.1, 0.15) is 0 Å². The van der Waals surface area contributed by atoms with Gasteiger partial charge in [0.25, 0.3) is 0 Å². The summed E-state index contributed by atoms with van der Waals surface area (Å²) in [4.78, 5) is 0. The first-order valence-electron chi connectivity index (χ1n) is 2.85. The Morgan fingerprint density at radius 2 is 2.22 bits per heavy atom. The van der Waals surface area contributed by atoms with Gasteiger partial charge in [0.15, 0.2) is 5.84 Å². The second-order valence-electron chi connectivity index (χ2n) is 2.26. The maximum Gasteiger partial charge on any atom is 0.169 e. The van der Waals surface area contributed by atoms with Crippen LogP contribution in [0, 0.1) is 11.4 Å². The van der Waals surface area contributed by atoms with Crippen molar-refractivity contribution < 1.29 is 0 Å². The van der Waals surface area contributed by atoms with Crippen molar-refractivity contribution in [3.63, 3.8) is 0 Å². The molecule has 0 heterocycles. The van der Waals surface area contributed by atoms with Gasteiger partial charge < -0.3 is 5.84 Å². The smallest absolute Gasteiger partial charge is 0.169 e. The van der Waals surface area contributed by atoms with E-state index in [1.165, 1.54) is 0 Å². The molecule has 0 unspecified atom stereocenters. The second kappa shape index (κ2) is 4.00. The van der Waals surface area contributed by atoms with Crippen LogP contribution in [0.4, 0.5) is 0 Å². The molecule has 0 bridgehead atoms. The minimum Gasteiger partial charge on any atom is -0.321 e. The zero-order valence-corrected chi connectivity index (χ0v) is 5.76. The van der Waals surface area contributed by atoms with E-state index in [0.29, 0.717) is 18.2 Å². The molecule has 0 aliphatic heterocycles. The van der Waals surface area contributed by atoms with Gasteiger partial charge in [0.05, 0.1) is 0 Å². The van der Waals surface area contributed by atoms with E-state index in [1.807, 2.05) is 13.8 Å². The highest BCUT2D eigenvalue weighted by Gasteiger charge is 1.99. The van der Waals surface area contributed by atoms with Crippen LogP contribution in [0.3, 0.4) is 0 Å². The van der Waals surface area contributed by atoms with E-state index < -0.39 is 0 Å². The van der Waals surface area contributed by atoms with Gasteiger partial charge >= 0.3 is 0 Å². The molecule has 0 fully saturated rings. The van der Waals surface area contributed by atoms with Crippen LogP contribution in [0.25, 0.3) is 0 Å². The van der Waals surface area contributed by atoms with Crippen molar-refractivity contribution in [1.29, 1.82) is 5.53 Å². The molecule has 0 aromatic rings. The number of hydrazone groups is 1. The molecule has 0 aromatic carbocycles. The van der Waals surface area contributed by atoms with E-state index in [0.717, 1.165) is 0 Å². The molecule has 0 spiro atoms. The lowest BCUT2D eigenvalue weighted by Crippen LogP contribution is -2.01. The molecule has 9 heavy (non-hydrogen) atoms. The molecular formula is C5H12N4. The maximum atomic E-state index is 6.57. The summed E-state index contributed by atoms with van der Waals surface area (Å²) in [6, 6.07) is 0. The fourth-order valence-corrected chi connectivity index (χ4v) is 0.492. The fraction of sp³-hybridized carbons (Fsp3) is 0.800. The summed E-state index contributed by atoms with van der Waals surface area (Å²) in [6.07, 6.45) is 0.681. The number of rotatable bonds is 2. The van der Waals surface area contributed by atoms with Crippen molar-refractivity contribution in [3.05, 3.63) is 0 Å². The zero-order valence-electron chi connectivity index (χ0n) is 5.76. The van der Waals surface area contributed by atoms with Crippen LogP contribution in [0.1, 0.15) is 20.3 Å². The number of nitrogens with zero attached hydrogens (tertiary/aromatic N) is 2. The zero-order chi connectivity index (χ0) is 7.28. The Morgan fingerprint density at radius 1 is 1.67 bits per heavy atom. The van der Waals surface area contributed by atoms with Crippen molar-refractivity contribution in [2.75, 3.05) is 0 Å². The number of nitrogens with two attached hydrogens (primary N) is 1. The molecule has 0 amide bonds. The van der Waals surface area contributed by atoms with Crippen molar-refractivity contribution >= 4 is 5.84 Å². The first kappa shape index (κ1) is 8.07. The van der Waals surface area contributed by atoms with Gasteiger partial charge in [0.2, 0.25) is 0 Å². The third kappa shape index (κ3) is 3.64. The van der Waals surface area contributed by atoms with Gasteiger partial charge in [0, 0.05) is 6.42 Å². The topological polar surface area (TPSA) is 74.6 Å². The summed E-state index contributed by atoms with van der Waals surface area (Å²) in [5.74, 6) is 5.77. The molecule has 0 saturated carbocycles. The SMILES string of the molecule is CC(C)C/C(N=N)=N/N. The van der Waals surface area contributed by atoms with E-state index in [9.17, 15) is 0 Å². The van der Waals surface area contributed by atoms with Gasteiger partial charge in [-0.05, 0) is 5.92 Å². The minimum atomic E-state index is 0.407. The molecule has 0 saturated heterocycles. The van der Waals surface area contributed by atoms with Crippen molar-refractivity contribution in [3.8, 4) is 0 Å².